The molecule has 1 saturated heterocycles. The van der Waals surface area contributed by atoms with Crippen LogP contribution in [0.15, 0.2) is 12.1 Å². The van der Waals surface area contributed by atoms with E-state index in [0.29, 0.717) is 6.04 Å². The molecule has 3 rings (SSSR count). The molecule has 1 saturated carbocycles. The van der Waals surface area contributed by atoms with Crippen molar-refractivity contribution in [1.29, 1.82) is 0 Å². The summed E-state index contributed by atoms with van der Waals surface area (Å²) in [7, 11) is 0. The Hall–Kier alpha value is -0.380. The van der Waals surface area contributed by atoms with Crippen molar-refractivity contribution in [2.45, 2.75) is 65.1 Å². The summed E-state index contributed by atoms with van der Waals surface area (Å²) in [5, 5.41) is 3.83. The Morgan fingerprint density at radius 3 is 2.67 bits per heavy atom. The smallest absolute Gasteiger partial charge is 0.0332 e. The van der Waals surface area contributed by atoms with E-state index in [4.69, 9.17) is 0 Å². The van der Waals surface area contributed by atoms with Gasteiger partial charge in [-0.3, -0.25) is 4.90 Å². The van der Waals surface area contributed by atoms with Crippen molar-refractivity contribution in [3.8, 4) is 0 Å². The Bertz CT molecular complexity index is 450. The van der Waals surface area contributed by atoms with Gasteiger partial charge in [0, 0.05) is 41.5 Å². The molecule has 1 aromatic rings. The Balaban J connectivity index is 1.66. The van der Waals surface area contributed by atoms with Gasteiger partial charge in [-0.2, -0.15) is 0 Å². The molecule has 2 nitrogen and oxygen atoms in total. The van der Waals surface area contributed by atoms with E-state index in [0.717, 1.165) is 24.4 Å². The predicted molar refractivity (Wildman–Crippen MR) is 91.9 cm³/mol. The zero-order chi connectivity index (χ0) is 14.8. The number of rotatable bonds is 6. The van der Waals surface area contributed by atoms with Crippen molar-refractivity contribution in [3.63, 3.8) is 0 Å². The summed E-state index contributed by atoms with van der Waals surface area (Å²) < 4.78 is 0. The van der Waals surface area contributed by atoms with E-state index in [1.807, 2.05) is 11.3 Å². The lowest BCUT2D eigenvalue weighted by Crippen LogP contribution is -2.57. The van der Waals surface area contributed by atoms with Crippen LogP contribution in [0, 0.1) is 11.8 Å². The lowest BCUT2D eigenvalue weighted by Gasteiger charge is -2.41. The minimum absolute atomic E-state index is 0.715. The number of hydrogen-bond acceptors (Lipinski definition) is 3. The minimum Gasteiger partial charge on any atom is -0.311 e. The topological polar surface area (TPSA) is 15.3 Å². The first-order valence-corrected chi connectivity index (χ1v) is 9.52. The second-order valence-electron chi connectivity index (χ2n) is 7.29. The Morgan fingerprint density at radius 1 is 1.29 bits per heavy atom. The third-order valence-corrected chi connectivity index (χ3v) is 6.14. The van der Waals surface area contributed by atoms with Crippen LogP contribution >= 0.6 is 11.3 Å². The highest BCUT2D eigenvalue weighted by Crippen LogP contribution is 2.35. The Morgan fingerprint density at radius 2 is 2.05 bits per heavy atom. The van der Waals surface area contributed by atoms with Crippen LogP contribution in [0.3, 0.4) is 0 Å². The van der Waals surface area contributed by atoms with Crippen LogP contribution in [0.5, 0.6) is 0 Å². The maximum Gasteiger partial charge on any atom is 0.0332 e. The monoisotopic (exact) mass is 306 g/mol. The molecule has 0 spiro atoms. The molecule has 21 heavy (non-hydrogen) atoms. The summed E-state index contributed by atoms with van der Waals surface area (Å²) in [5.74, 6) is 1.74. The molecule has 0 amide bonds. The maximum atomic E-state index is 3.83. The summed E-state index contributed by atoms with van der Waals surface area (Å²) in [6.45, 7) is 10.6. The molecule has 1 N–H and O–H groups in total. The standard InChI is InChI=1S/C18H30N2S/c1-4-16-7-8-17(21-16)11-20-12-18(14-5-6-14)19-10-15(20)9-13(2)3/h7-8,13-15,18-19H,4-6,9-12H2,1-3H3. The number of hydrogen-bond donors (Lipinski definition) is 1. The van der Waals surface area contributed by atoms with Gasteiger partial charge in [0.05, 0.1) is 0 Å². The number of thiophene rings is 1. The highest BCUT2D eigenvalue weighted by atomic mass is 32.1. The molecule has 2 aliphatic rings. The fraction of sp³-hybridized carbons (Fsp3) is 0.778. The number of piperazine rings is 1. The first-order chi connectivity index (χ1) is 10.2. The van der Waals surface area contributed by atoms with E-state index < -0.39 is 0 Å². The van der Waals surface area contributed by atoms with Crippen molar-refractivity contribution < 1.29 is 0 Å². The van der Waals surface area contributed by atoms with E-state index in [9.17, 15) is 0 Å². The van der Waals surface area contributed by atoms with Crippen LogP contribution in [0.4, 0.5) is 0 Å². The maximum absolute atomic E-state index is 3.83. The Kier molecular flexibility index (Phi) is 5.03. The molecule has 3 heteroatoms. The van der Waals surface area contributed by atoms with Crippen LogP contribution < -0.4 is 5.32 Å². The second kappa shape index (κ2) is 6.80. The van der Waals surface area contributed by atoms with Gasteiger partial charge in [-0.05, 0) is 49.7 Å². The Labute approximate surface area is 133 Å². The zero-order valence-electron chi connectivity index (χ0n) is 13.8. The second-order valence-corrected chi connectivity index (χ2v) is 8.54. The molecule has 1 aliphatic heterocycles. The van der Waals surface area contributed by atoms with Crippen LogP contribution in [0.1, 0.15) is 49.8 Å². The lowest BCUT2D eigenvalue weighted by molar-refractivity contribution is 0.101. The third-order valence-electron chi connectivity index (χ3n) is 4.92. The van der Waals surface area contributed by atoms with Gasteiger partial charge in [0.2, 0.25) is 0 Å². The molecule has 1 aliphatic carbocycles. The van der Waals surface area contributed by atoms with Crippen LogP contribution in [-0.4, -0.2) is 30.1 Å². The third kappa shape index (κ3) is 4.08. The van der Waals surface area contributed by atoms with Gasteiger partial charge in [-0.1, -0.05) is 20.8 Å². The number of aryl methyl sites for hydroxylation is 1. The van der Waals surface area contributed by atoms with E-state index in [1.54, 1.807) is 4.88 Å². The molecule has 0 bridgehead atoms. The average molecular weight is 307 g/mol. The molecule has 0 aromatic carbocycles. The molecule has 2 atom stereocenters. The van der Waals surface area contributed by atoms with Crippen molar-refractivity contribution in [2.24, 2.45) is 11.8 Å². The SMILES string of the molecule is CCc1ccc(CN2CC(C3CC3)NCC2CC(C)C)s1. The van der Waals surface area contributed by atoms with Crippen LogP contribution in [-0.2, 0) is 13.0 Å². The van der Waals surface area contributed by atoms with Crippen molar-refractivity contribution in [1.82, 2.24) is 10.2 Å². The van der Waals surface area contributed by atoms with Crippen molar-refractivity contribution in [3.05, 3.63) is 21.9 Å². The van der Waals surface area contributed by atoms with Gasteiger partial charge < -0.3 is 5.32 Å². The van der Waals surface area contributed by atoms with Gasteiger partial charge in [-0.15, -0.1) is 11.3 Å². The average Bonchev–Trinajstić information content (AvgIpc) is 3.20. The fourth-order valence-electron chi connectivity index (χ4n) is 3.56. The van der Waals surface area contributed by atoms with Crippen LogP contribution in [0.25, 0.3) is 0 Å². The van der Waals surface area contributed by atoms with Gasteiger partial charge in [0.25, 0.3) is 0 Å². The normalized spacial score (nSPS) is 27.4. The van der Waals surface area contributed by atoms with Gasteiger partial charge in [-0.25, -0.2) is 0 Å². The molecule has 2 unspecified atom stereocenters. The summed E-state index contributed by atoms with van der Waals surface area (Å²) in [5.41, 5.74) is 0. The van der Waals surface area contributed by atoms with Gasteiger partial charge in [0.1, 0.15) is 0 Å². The molecule has 2 heterocycles. The van der Waals surface area contributed by atoms with Crippen molar-refractivity contribution in [2.75, 3.05) is 13.1 Å². The molecule has 118 valence electrons. The first kappa shape index (κ1) is 15.5. The summed E-state index contributed by atoms with van der Waals surface area (Å²) in [6.07, 6.45) is 5.38. The lowest BCUT2D eigenvalue weighted by atomic mass is 9.97. The van der Waals surface area contributed by atoms with E-state index >= 15 is 0 Å². The molecular weight excluding hydrogens is 276 g/mol. The highest BCUT2D eigenvalue weighted by molar-refractivity contribution is 7.11. The highest BCUT2D eigenvalue weighted by Gasteiger charge is 2.37. The van der Waals surface area contributed by atoms with E-state index in [1.165, 1.54) is 43.6 Å². The van der Waals surface area contributed by atoms with Crippen LogP contribution in [0.2, 0.25) is 0 Å². The first-order valence-electron chi connectivity index (χ1n) is 8.70. The largest absolute Gasteiger partial charge is 0.311 e. The molecule has 0 radical (unpaired) electrons. The summed E-state index contributed by atoms with van der Waals surface area (Å²) in [6, 6.07) is 6.13. The summed E-state index contributed by atoms with van der Waals surface area (Å²) in [4.78, 5) is 5.85. The molecular formula is C18H30N2S. The quantitative estimate of drug-likeness (QED) is 0.857. The minimum atomic E-state index is 0.715. The number of nitrogens with zero attached hydrogens (tertiary/aromatic N) is 1. The predicted octanol–water partition coefficient (Wildman–Crippen LogP) is 3.91. The zero-order valence-corrected chi connectivity index (χ0v) is 14.6. The summed E-state index contributed by atoms with van der Waals surface area (Å²) >= 11 is 2.01. The van der Waals surface area contributed by atoms with E-state index in [-0.39, 0.29) is 0 Å². The van der Waals surface area contributed by atoms with E-state index in [2.05, 4.69) is 43.1 Å². The molecule has 1 aromatic heterocycles. The van der Waals surface area contributed by atoms with Gasteiger partial charge in [0.15, 0.2) is 0 Å². The van der Waals surface area contributed by atoms with Gasteiger partial charge >= 0.3 is 0 Å². The molecule has 2 fully saturated rings. The number of nitrogens with one attached hydrogen (secondary N) is 1. The van der Waals surface area contributed by atoms with Crippen molar-refractivity contribution >= 4 is 11.3 Å². The fourth-order valence-corrected chi connectivity index (χ4v) is 4.55.